The number of hydrogen-bond donors (Lipinski definition) is 0. The van der Waals surface area contributed by atoms with Crippen LogP contribution in [-0.2, 0) is 9.05 Å². The molecule has 0 aromatic rings. The molecule has 50 valence electrons. The lowest BCUT2D eigenvalue weighted by atomic mass is 10.4. The molecule has 0 heterocycles. The van der Waals surface area contributed by atoms with Crippen molar-refractivity contribution in [1.82, 2.24) is 0 Å². The minimum atomic E-state index is -5.16. The third-order valence-corrected chi connectivity index (χ3v) is 0.813. The monoisotopic (exact) mass is 165 g/mol. The van der Waals surface area contributed by atoms with Gasteiger partial charge in [0.2, 0.25) is 9.05 Å². The predicted molar refractivity (Wildman–Crippen MR) is 34.5 cm³/mol. The lowest BCUT2D eigenvalue weighted by molar-refractivity contribution is 0.606. The van der Waals surface area contributed by atoms with Crippen LogP contribution in [0, 0.1) is 0 Å². The molecular formula is C4H9ClO2S. The van der Waals surface area contributed by atoms with Crippen LogP contribution >= 0.6 is 10.7 Å². The van der Waals surface area contributed by atoms with Crippen molar-refractivity contribution in [2.75, 3.05) is 5.70 Å². The highest BCUT2D eigenvalue weighted by molar-refractivity contribution is 8.13. The SMILES string of the molecule is [2H]C([2H])([2H])C([2H])([2H])C([2H])([2H])C([2H])([2H])S(=O)(=O)Cl. The standard InChI is InChI=1S/C4H9ClO2S/c1-2-3-4-8(5,6)7/h2-4H2,1H3/i1D3,2D2,3D2,4D2. The van der Waals surface area contributed by atoms with E-state index in [-0.39, 0.29) is 0 Å². The second-order valence-corrected chi connectivity index (χ2v) is 3.09. The van der Waals surface area contributed by atoms with E-state index in [2.05, 4.69) is 10.7 Å². The van der Waals surface area contributed by atoms with E-state index in [1.165, 1.54) is 0 Å². The van der Waals surface area contributed by atoms with Crippen molar-refractivity contribution < 1.29 is 20.8 Å². The van der Waals surface area contributed by atoms with Crippen molar-refractivity contribution in [2.24, 2.45) is 0 Å². The zero-order valence-corrected chi connectivity index (χ0v) is 5.18. The van der Waals surface area contributed by atoms with E-state index in [0.29, 0.717) is 0 Å². The van der Waals surface area contributed by atoms with Crippen molar-refractivity contribution in [3.05, 3.63) is 0 Å². The molecule has 0 saturated heterocycles. The molecule has 0 bridgehead atoms. The van der Waals surface area contributed by atoms with Crippen LogP contribution in [0.15, 0.2) is 0 Å². The Kier molecular flexibility index (Phi) is 0.676. The van der Waals surface area contributed by atoms with Crippen LogP contribution in [0.4, 0.5) is 0 Å². The maximum absolute atomic E-state index is 10.9. The topological polar surface area (TPSA) is 34.1 Å². The fraction of sp³-hybridized carbons (Fsp3) is 1.00. The Balaban J connectivity index is 5.91. The van der Waals surface area contributed by atoms with Gasteiger partial charge in [0, 0.05) is 23.0 Å². The average Bonchev–Trinajstić information content (AvgIpc) is 1.98. The lowest BCUT2D eigenvalue weighted by Gasteiger charge is -1.88. The van der Waals surface area contributed by atoms with Crippen LogP contribution in [0.1, 0.15) is 31.9 Å². The fourth-order valence-corrected chi connectivity index (χ4v) is 0.375. The van der Waals surface area contributed by atoms with Gasteiger partial charge < -0.3 is 0 Å². The van der Waals surface area contributed by atoms with Gasteiger partial charge in [0.15, 0.2) is 0 Å². The van der Waals surface area contributed by atoms with Gasteiger partial charge in [-0.1, -0.05) is 13.2 Å². The van der Waals surface area contributed by atoms with Crippen molar-refractivity contribution in [3.63, 3.8) is 0 Å². The Morgan fingerprint density at radius 1 is 1.88 bits per heavy atom. The summed E-state index contributed by atoms with van der Waals surface area (Å²) in [4.78, 5) is 0. The Hall–Kier alpha value is 0.240. The third kappa shape index (κ3) is 6.24. The smallest absolute Gasteiger partial charge is 0.212 e. The molecule has 0 radical (unpaired) electrons. The van der Waals surface area contributed by atoms with Crippen LogP contribution in [0.2, 0.25) is 0 Å². The molecule has 0 aliphatic carbocycles. The first-order valence-electron chi connectivity index (χ1n) is 5.94. The Bertz CT molecular complexity index is 396. The molecule has 0 spiro atoms. The molecule has 0 rings (SSSR count). The summed E-state index contributed by atoms with van der Waals surface area (Å²) < 4.78 is 84.5. The highest BCUT2D eigenvalue weighted by atomic mass is 35.7. The lowest BCUT2D eigenvalue weighted by Crippen LogP contribution is -1.94. The van der Waals surface area contributed by atoms with E-state index in [0.717, 1.165) is 0 Å². The summed E-state index contributed by atoms with van der Waals surface area (Å²) in [5, 5.41) is 0. The summed E-state index contributed by atoms with van der Waals surface area (Å²) in [5.41, 5.74) is -3.89. The molecule has 0 aliphatic heterocycles. The van der Waals surface area contributed by atoms with Crippen LogP contribution in [-0.4, -0.2) is 14.1 Å². The molecule has 0 unspecified atom stereocenters. The first-order valence-corrected chi connectivity index (χ1v) is 3.75. The summed E-state index contributed by atoms with van der Waals surface area (Å²) in [6, 6.07) is 0. The van der Waals surface area contributed by atoms with Crippen molar-refractivity contribution in [3.8, 4) is 0 Å². The van der Waals surface area contributed by atoms with Gasteiger partial charge in [-0.3, -0.25) is 0 Å². The largest absolute Gasteiger partial charge is 0.232 e. The molecule has 0 aliphatic rings. The third-order valence-electron chi connectivity index (χ3n) is 0.235. The van der Waals surface area contributed by atoms with Gasteiger partial charge in [0.1, 0.15) is 0 Å². The molecule has 0 N–H and O–H groups in total. The number of rotatable bonds is 3. The molecule has 0 amide bonds. The van der Waals surface area contributed by atoms with E-state index in [1.807, 2.05) is 0 Å². The molecular weight excluding hydrogens is 148 g/mol. The summed E-state index contributed by atoms with van der Waals surface area (Å²) >= 11 is 0. The van der Waals surface area contributed by atoms with Gasteiger partial charge >= 0.3 is 0 Å². The first-order chi connectivity index (χ1) is 7.00. The summed E-state index contributed by atoms with van der Waals surface area (Å²) in [7, 11) is -0.491. The van der Waals surface area contributed by atoms with Gasteiger partial charge in [-0.05, 0) is 6.37 Å². The van der Waals surface area contributed by atoms with Crippen LogP contribution < -0.4 is 0 Å². The second kappa shape index (κ2) is 3.30. The van der Waals surface area contributed by atoms with Crippen molar-refractivity contribution in [1.29, 1.82) is 0 Å². The molecule has 0 aromatic heterocycles. The van der Waals surface area contributed by atoms with E-state index >= 15 is 0 Å². The second-order valence-electron chi connectivity index (χ2n) is 0.790. The number of hydrogen-bond acceptors (Lipinski definition) is 2. The van der Waals surface area contributed by atoms with Crippen LogP contribution in [0.25, 0.3) is 0 Å². The minimum absolute atomic E-state index is 3.55. The average molecular weight is 166 g/mol. The highest BCUT2D eigenvalue weighted by Crippen LogP contribution is 1.99. The summed E-state index contributed by atoms with van der Waals surface area (Å²) in [5.74, 6) is 0. The zero-order valence-electron chi connectivity index (χ0n) is 12.6. The molecule has 8 heavy (non-hydrogen) atoms. The molecule has 0 atom stereocenters. The quantitative estimate of drug-likeness (QED) is 0.592. The van der Waals surface area contributed by atoms with Crippen LogP contribution in [0.5, 0.6) is 0 Å². The van der Waals surface area contributed by atoms with E-state index in [1.54, 1.807) is 0 Å². The molecule has 4 heteroatoms. The fourth-order valence-electron chi connectivity index (χ4n) is 0.0865. The first kappa shape index (κ1) is 1.64. The van der Waals surface area contributed by atoms with Gasteiger partial charge in [0.25, 0.3) is 0 Å². The molecule has 0 aromatic carbocycles. The zero-order chi connectivity index (χ0) is 14.5. The Labute approximate surface area is 66.9 Å². The van der Waals surface area contributed by atoms with Gasteiger partial charge in [-0.25, -0.2) is 8.42 Å². The number of halogens is 1. The molecule has 0 fully saturated rings. The van der Waals surface area contributed by atoms with E-state index in [4.69, 9.17) is 12.3 Å². The summed E-state index contributed by atoms with van der Waals surface area (Å²) in [6.45, 7) is -3.55. The molecule has 0 saturated carbocycles. The summed E-state index contributed by atoms with van der Waals surface area (Å²) in [6.07, 6.45) is -7.59. The highest BCUT2D eigenvalue weighted by Gasteiger charge is 2.01. The van der Waals surface area contributed by atoms with E-state index in [9.17, 15) is 8.42 Å². The van der Waals surface area contributed by atoms with Crippen molar-refractivity contribution >= 4 is 19.7 Å². The minimum Gasteiger partial charge on any atom is -0.212 e. The maximum Gasteiger partial charge on any atom is 0.232 e. The maximum atomic E-state index is 10.9. The van der Waals surface area contributed by atoms with Gasteiger partial charge in [0.05, 0.1) is 5.70 Å². The van der Waals surface area contributed by atoms with Crippen molar-refractivity contribution in [2.45, 2.75) is 19.6 Å². The predicted octanol–water partition coefficient (Wildman–Crippen LogP) is 1.36. The molecule has 2 nitrogen and oxygen atoms in total. The van der Waals surface area contributed by atoms with E-state index < -0.39 is 34.4 Å². The normalized spacial score (nSPS) is 35.4. The van der Waals surface area contributed by atoms with Crippen LogP contribution in [0.3, 0.4) is 0 Å². The Morgan fingerprint density at radius 3 is 2.88 bits per heavy atom. The Morgan fingerprint density at radius 2 is 2.50 bits per heavy atom. The van der Waals surface area contributed by atoms with Gasteiger partial charge in [-0.15, -0.1) is 0 Å². The van der Waals surface area contributed by atoms with Gasteiger partial charge in [-0.2, -0.15) is 0 Å².